The predicted molar refractivity (Wildman–Crippen MR) is 76.5 cm³/mol. The smallest absolute Gasteiger partial charge is 0.0279 e. The van der Waals surface area contributed by atoms with Gasteiger partial charge in [-0.1, -0.05) is 51.6 Å². The summed E-state index contributed by atoms with van der Waals surface area (Å²) in [4.78, 5) is 0. The van der Waals surface area contributed by atoms with Crippen LogP contribution in [0.15, 0.2) is 0 Å². The number of alkyl halides is 2. The van der Waals surface area contributed by atoms with Crippen LogP contribution < -0.4 is 0 Å². The standard InChI is InChI=1S/C14H22Br2/c1-2-3-4-12-5-11-6-13(15,8-12)10-14(16,7-11)9-12/h11H,2-10H2,1H3. The van der Waals surface area contributed by atoms with Crippen molar-refractivity contribution in [2.75, 3.05) is 0 Å². The molecule has 0 spiro atoms. The van der Waals surface area contributed by atoms with Crippen LogP contribution in [0.4, 0.5) is 0 Å². The number of halogens is 2. The number of hydrogen-bond acceptors (Lipinski definition) is 0. The zero-order valence-electron chi connectivity index (χ0n) is 10.2. The van der Waals surface area contributed by atoms with Gasteiger partial charge in [0, 0.05) is 8.65 Å². The summed E-state index contributed by atoms with van der Waals surface area (Å²) in [5.41, 5.74) is 0.683. The minimum absolute atomic E-state index is 0.490. The number of hydrogen-bond donors (Lipinski definition) is 0. The average Bonchev–Trinajstić information content (AvgIpc) is 2.08. The lowest BCUT2D eigenvalue weighted by molar-refractivity contribution is -0.0234. The molecule has 0 aliphatic heterocycles. The van der Waals surface area contributed by atoms with Gasteiger partial charge in [-0.2, -0.15) is 0 Å². The Balaban J connectivity index is 1.86. The van der Waals surface area contributed by atoms with Gasteiger partial charge >= 0.3 is 0 Å². The summed E-state index contributed by atoms with van der Waals surface area (Å²) < 4.78 is 0.979. The van der Waals surface area contributed by atoms with Gasteiger partial charge in [0.2, 0.25) is 0 Å². The molecule has 92 valence electrons. The van der Waals surface area contributed by atoms with Crippen molar-refractivity contribution in [2.24, 2.45) is 11.3 Å². The second kappa shape index (κ2) is 3.73. The summed E-state index contributed by atoms with van der Waals surface area (Å²) in [5, 5.41) is 0. The molecule has 4 aliphatic carbocycles. The molecule has 4 saturated carbocycles. The zero-order valence-corrected chi connectivity index (χ0v) is 13.4. The van der Waals surface area contributed by atoms with Crippen molar-refractivity contribution in [1.29, 1.82) is 0 Å². The molecule has 0 heterocycles. The first kappa shape index (κ1) is 12.0. The quantitative estimate of drug-likeness (QED) is 0.596. The van der Waals surface area contributed by atoms with E-state index < -0.39 is 0 Å². The molecule has 0 amide bonds. The van der Waals surface area contributed by atoms with E-state index >= 15 is 0 Å². The lowest BCUT2D eigenvalue weighted by Crippen LogP contribution is -2.58. The average molecular weight is 350 g/mol. The summed E-state index contributed by atoms with van der Waals surface area (Å²) in [6.07, 6.45) is 12.9. The van der Waals surface area contributed by atoms with Crippen molar-refractivity contribution in [2.45, 2.75) is 73.4 Å². The molecule has 16 heavy (non-hydrogen) atoms. The Morgan fingerprint density at radius 2 is 1.62 bits per heavy atom. The third-order valence-corrected chi connectivity index (χ3v) is 6.88. The van der Waals surface area contributed by atoms with Crippen LogP contribution in [0.1, 0.15) is 64.7 Å². The summed E-state index contributed by atoms with van der Waals surface area (Å²) >= 11 is 8.18. The highest BCUT2D eigenvalue weighted by Crippen LogP contribution is 2.69. The van der Waals surface area contributed by atoms with E-state index in [4.69, 9.17) is 0 Å². The lowest BCUT2D eigenvalue weighted by Gasteiger charge is -2.64. The third-order valence-electron chi connectivity index (χ3n) is 5.11. The van der Waals surface area contributed by atoms with Gasteiger partial charge in [0.15, 0.2) is 0 Å². The molecule has 2 unspecified atom stereocenters. The van der Waals surface area contributed by atoms with Crippen LogP contribution in [0.25, 0.3) is 0 Å². The van der Waals surface area contributed by atoms with Gasteiger partial charge in [0.25, 0.3) is 0 Å². The van der Waals surface area contributed by atoms with Crippen LogP contribution in [0.3, 0.4) is 0 Å². The zero-order chi connectivity index (χ0) is 11.4. The van der Waals surface area contributed by atoms with Crippen LogP contribution in [0.5, 0.6) is 0 Å². The molecule has 2 heteroatoms. The van der Waals surface area contributed by atoms with Crippen LogP contribution in [-0.4, -0.2) is 8.65 Å². The minimum Gasteiger partial charge on any atom is -0.0852 e. The van der Waals surface area contributed by atoms with Crippen molar-refractivity contribution in [3.8, 4) is 0 Å². The second-order valence-corrected chi connectivity index (χ2v) is 10.3. The van der Waals surface area contributed by atoms with Gasteiger partial charge in [0.05, 0.1) is 0 Å². The number of rotatable bonds is 3. The largest absolute Gasteiger partial charge is 0.0852 e. The molecule has 0 aromatic heterocycles. The molecule has 0 aromatic rings. The van der Waals surface area contributed by atoms with Crippen molar-refractivity contribution >= 4 is 31.9 Å². The van der Waals surface area contributed by atoms with E-state index in [1.54, 1.807) is 0 Å². The fraction of sp³-hybridized carbons (Fsp3) is 1.00. The maximum absolute atomic E-state index is 4.09. The van der Waals surface area contributed by atoms with Gasteiger partial charge in [-0.3, -0.25) is 0 Å². The molecule has 0 aromatic carbocycles. The Bertz CT molecular complexity index is 281. The first-order chi connectivity index (χ1) is 7.47. The molecule has 4 aliphatic rings. The van der Waals surface area contributed by atoms with Crippen LogP contribution in [0, 0.1) is 11.3 Å². The monoisotopic (exact) mass is 348 g/mol. The van der Waals surface area contributed by atoms with Crippen molar-refractivity contribution in [1.82, 2.24) is 0 Å². The van der Waals surface area contributed by atoms with Crippen LogP contribution in [0.2, 0.25) is 0 Å². The van der Waals surface area contributed by atoms with E-state index in [9.17, 15) is 0 Å². The fourth-order valence-corrected chi connectivity index (χ4v) is 8.78. The molecule has 0 nitrogen and oxygen atoms in total. The Morgan fingerprint density at radius 3 is 2.12 bits per heavy atom. The Kier molecular flexibility index (Phi) is 2.80. The molecule has 0 radical (unpaired) electrons. The molecule has 4 fully saturated rings. The highest BCUT2D eigenvalue weighted by molar-refractivity contribution is 9.10. The van der Waals surface area contributed by atoms with E-state index in [1.165, 1.54) is 57.8 Å². The third kappa shape index (κ3) is 1.92. The highest BCUT2D eigenvalue weighted by atomic mass is 79.9. The summed E-state index contributed by atoms with van der Waals surface area (Å²) in [7, 11) is 0. The lowest BCUT2D eigenvalue weighted by atomic mass is 9.48. The minimum atomic E-state index is 0.490. The first-order valence-corrected chi connectivity index (χ1v) is 8.43. The Hall–Kier alpha value is 0.960. The van der Waals surface area contributed by atoms with Gasteiger partial charge in [-0.05, 0) is 56.3 Å². The van der Waals surface area contributed by atoms with Crippen LogP contribution >= 0.6 is 31.9 Å². The normalized spacial score (nSPS) is 54.6. The van der Waals surface area contributed by atoms with E-state index in [1.807, 2.05) is 0 Å². The van der Waals surface area contributed by atoms with E-state index in [-0.39, 0.29) is 0 Å². The van der Waals surface area contributed by atoms with Crippen LogP contribution in [-0.2, 0) is 0 Å². The highest BCUT2D eigenvalue weighted by Gasteiger charge is 2.61. The van der Waals surface area contributed by atoms with Gasteiger partial charge in [-0.25, -0.2) is 0 Å². The van der Waals surface area contributed by atoms with E-state index in [2.05, 4.69) is 38.8 Å². The Morgan fingerprint density at radius 1 is 1.00 bits per heavy atom. The molecule has 4 bridgehead atoms. The molecule has 2 atom stereocenters. The summed E-state index contributed by atoms with van der Waals surface area (Å²) in [6, 6.07) is 0. The van der Waals surface area contributed by atoms with E-state index in [0.29, 0.717) is 14.1 Å². The molecule has 0 N–H and O–H groups in total. The maximum atomic E-state index is 4.09. The number of unbranched alkanes of at least 4 members (excludes halogenated alkanes) is 1. The molecule has 4 rings (SSSR count). The van der Waals surface area contributed by atoms with Gasteiger partial charge in [0.1, 0.15) is 0 Å². The molecule has 0 saturated heterocycles. The maximum Gasteiger partial charge on any atom is 0.0279 e. The van der Waals surface area contributed by atoms with Crippen molar-refractivity contribution in [3.05, 3.63) is 0 Å². The fourth-order valence-electron chi connectivity index (χ4n) is 5.23. The SMILES string of the molecule is CCCCC12CC3CC(Br)(CC(Br)(C3)C1)C2. The predicted octanol–water partition coefficient (Wildman–Crippen LogP) is 5.43. The van der Waals surface area contributed by atoms with Crippen molar-refractivity contribution in [3.63, 3.8) is 0 Å². The first-order valence-electron chi connectivity index (χ1n) is 6.85. The second-order valence-electron chi connectivity index (χ2n) is 6.91. The van der Waals surface area contributed by atoms with Gasteiger partial charge < -0.3 is 0 Å². The summed E-state index contributed by atoms with van der Waals surface area (Å²) in [5.74, 6) is 0.992. The molecular formula is C14H22Br2. The van der Waals surface area contributed by atoms with Gasteiger partial charge in [-0.15, -0.1) is 0 Å². The topological polar surface area (TPSA) is 0 Å². The summed E-state index contributed by atoms with van der Waals surface area (Å²) in [6.45, 7) is 2.33. The van der Waals surface area contributed by atoms with Crippen molar-refractivity contribution < 1.29 is 0 Å². The Labute approximate surface area is 116 Å². The molecular weight excluding hydrogens is 328 g/mol. The van der Waals surface area contributed by atoms with E-state index in [0.717, 1.165) is 5.92 Å².